The van der Waals surface area contributed by atoms with Crippen LogP contribution in [0.15, 0.2) is 0 Å². The smallest absolute Gasteiger partial charge is 0.0414 e. The summed E-state index contributed by atoms with van der Waals surface area (Å²) >= 11 is 0. The zero-order chi connectivity index (χ0) is 19.3. The second-order valence-electron chi connectivity index (χ2n) is 8.42. The molecule has 0 aromatic carbocycles. The van der Waals surface area contributed by atoms with E-state index >= 15 is 0 Å². The average Bonchev–Trinajstić information content (AvgIpc) is 2.65. The summed E-state index contributed by atoms with van der Waals surface area (Å²) in [5, 5.41) is 0. The highest BCUT2D eigenvalue weighted by Gasteiger charge is 2.06. The molecule has 0 heteroatoms. The van der Waals surface area contributed by atoms with Crippen LogP contribution < -0.4 is 0 Å². The normalized spacial score (nSPS) is 12.4. The molecule has 0 saturated carbocycles. The highest BCUT2D eigenvalue weighted by Crippen LogP contribution is 2.22. The van der Waals surface area contributed by atoms with E-state index in [-0.39, 0.29) is 0 Å². The summed E-state index contributed by atoms with van der Waals surface area (Å²) in [7, 11) is 0. The summed E-state index contributed by atoms with van der Waals surface area (Å²) in [4.78, 5) is 0. The molecule has 1 atom stereocenters. The fourth-order valence-corrected chi connectivity index (χ4v) is 3.57. The Morgan fingerprint density at radius 1 is 0.440 bits per heavy atom. The van der Waals surface area contributed by atoms with Crippen molar-refractivity contribution >= 4 is 0 Å². The van der Waals surface area contributed by atoms with E-state index < -0.39 is 0 Å². The third-order valence-electron chi connectivity index (χ3n) is 6.06. The molecule has 0 rings (SSSR count). The van der Waals surface area contributed by atoms with Crippen LogP contribution in [-0.2, 0) is 0 Å². The molecule has 0 amide bonds. The average molecular weight is 355 g/mol. The van der Waals surface area contributed by atoms with Crippen LogP contribution >= 0.6 is 0 Å². The van der Waals surface area contributed by atoms with Crippen molar-refractivity contribution in [1.29, 1.82) is 0 Å². The predicted molar refractivity (Wildman–Crippen MR) is 119 cm³/mol. The maximum Gasteiger partial charge on any atom is -0.0414 e. The summed E-state index contributed by atoms with van der Waals surface area (Å²) in [5.41, 5.74) is 0. The van der Waals surface area contributed by atoms with Gasteiger partial charge in [0.1, 0.15) is 0 Å². The Balaban J connectivity index is 0. The lowest BCUT2D eigenvalue weighted by atomic mass is 9.91. The molecule has 0 bridgehead atoms. The Kier molecular flexibility index (Phi) is 24.0. The van der Waals surface area contributed by atoms with E-state index in [9.17, 15) is 0 Å². The molecule has 0 aromatic rings. The van der Waals surface area contributed by atoms with Crippen LogP contribution in [0.4, 0.5) is 0 Å². The fourth-order valence-electron chi connectivity index (χ4n) is 3.57. The van der Waals surface area contributed by atoms with E-state index in [0.717, 1.165) is 17.8 Å². The van der Waals surface area contributed by atoms with Gasteiger partial charge in [-0.05, 0) is 17.8 Å². The third-order valence-corrected chi connectivity index (χ3v) is 6.06. The molecular weight excluding hydrogens is 300 g/mol. The second kappa shape index (κ2) is 22.0. The monoisotopic (exact) mass is 354 g/mol. The van der Waals surface area contributed by atoms with Crippen LogP contribution in [0.5, 0.6) is 0 Å². The number of rotatable bonds is 16. The SMILES string of the molecule is CCC(C)CCCC(CC)CC.CCCCC(CCCC)CCCC. The van der Waals surface area contributed by atoms with Crippen molar-refractivity contribution in [3.05, 3.63) is 0 Å². The minimum atomic E-state index is 0.944. The number of hydrogen-bond acceptors (Lipinski definition) is 0. The standard InChI is InChI=1S/C13H28.C12H26/c1-4-7-10-13(11-8-5-2)12-9-6-3;1-5-11(4)9-8-10-12(6-2)7-3/h13H,4-12H2,1-3H3;11-12H,5-10H2,1-4H3. The number of unbranched alkanes of at least 4 members (excludes halogenated alkanes) is 3. The van der Waals surface area contributed by atoms with E-state index in [0.29, 0.717) is 0 Å². The first-order valence-corrected chi connectivity index (χ1v) is 12.1. The Bertz CT molecular complexity index is 197. The molecule has 0 saturated heterocycles. The highest BCUT2D eigenvalue weighted by molar-refractivity contribution is 4.60. The van der Waals surface area contributed by atoms with Crippen LogP contribution in [0.25, 0.3) is 0 Å². The topological polar surface area (TPSA) is 0 Å². The molecule has 0 aromatic heterocycles. The first kappa shape index (κ1) is 27.2. The van der Waals surface area contributed by atoms with Gasteiger partial charge >= 0.3 is 0 Å². The van der Waals surface area contributed by atoms with Gasteiger partial charge in [-0.15, -0.1) is 0 Å². The van der Waals surface area contributed by atoms with Gasteiger partial charge in [0.05, 0.1) is 0 Å². The van der Waals surface area contributed by atoms with Crippen LogP contribution in [0.1, 0.15) is 145 Å². The lowest BCUT2D eigenvalue weighted by molar-refractivity contribution is 0.382. The largest absolute Gasteiger partial charge is 0.0654 e. The first-order valence-electron chi connectivity index (χ1n) is 12.1. The van der Waals surface area contributed by atoms with Gasteiger partial charge in [-0.25, -0.2) is 0 Å². The van der Waals surface area contributed by atoms with E-state index in [4.69, 9.17) is 0 Å². The second-order valence-corrected chi connectivity index (χ2v) is 8.42. The van der Waals surface area contributed by atoms with E-state index in [2.05, 4.69) is 48.5 Å². The quantitative estimate of drug-likeness (QED) is 0.258. The zero-order valence-electron chi connectivity index (χ0n) is 19.3. The molecule has 0 spiro atoms. The Hall–Kier alpha value is 0. The van der Waals surface area contributed by atoms with Crippen molar-refractivity contribution in [3.8, 4) is 0 Å². The van der Waals surface area contributed by atoms with Gasteiger partial charge in [0.15, 0.2) is 0 Å². The highest BCUT2D eigenvalue weighted by atomic mass is 14.1. The predicted octanol–water partition coefficient (Wildman–Crippen LogP) is 9.81. The van der Waals surface area contributed by atoms with Gasteiger partial charge in [-0.2, -0.15) is 0 Å². The summed E-state index contributed by atoms with van der Waals surface area (Å²) in [6.07, 6.45) is 21.3. The van der Waals surface area contributed by atoms with Gasteiger partial charge in [0.25, 0.3) is 0 Å². The molecule has 0 aliphatic rings. The van der Waals surface area contributed by atoms with Crippen LogP contribution in [0.3, 0.4) is 0 Å². The van der Waals surface area contributed by atoms with Crippen molar-refractivity contribution in [2.45, 2.75) is 145 Å². The fraction of sp³-hybridized carbons (Fsp3) is 1.00. The van der Waals surface area contributed by atoms with Gasteiger partial charge in [-0.3, -0.25) is 0 Å². The minimum absolute atomic E-state index is 0.944. The maximum absolute atomic E-state index is 2.37. The molecule has 0 nitrogen and oxygen atoms in total. The lowest BCUT2D eigenvalue weighted by Crippen LogP contribution is -2.00. The molecule has 0 aliphatic heterocycles. The zero-order valence-corrected chi connectivity index (χ0v) is 19.3. The molecular formula is C25H54. The molecule has 1 unspecified atom stereocenters. The third kappa shape index (κ3) is 20.2. The lowest BCUT2D eigenvalue weighted by Gasteiger charge is -2.15. The summed E-state index contributed by atoms with van der Waals surface area (Å²) in [6.45, 7) is 16.2. The Morgan fingerprint density at radius 2 is 0.840 bits per heavy atom. The van der Waals surface area contributed by atoms with Crippen molar-refractivity contribution in [2.75, 3.05) is 0 Å². The van der Waals surface area contributed by atoms with Crippen molar-refractivity contribution < 1.29 is 0 Å². The van der Waals surface area contributed by atoms with Gasteiger partial charge in [0.2, 0.25) is 0 Å². The minimum Gasteiger partial charge on any atom is -0.0654 e. The van der Waals surface area contributed by atoms with Gasteiger partial charge in [0, 0.05) is 0 Å². The summed E-state index contributed by atoms with van der Waals surface area (Å²) in [6, 6.07) is 0. The molecule has 25 heavy (non-hydrogen) atoms. The molecule has 154 valence electrons. The molecule has 0 aliphatic carbocycles. The maximum atomic E-state index is 2.37. The van der Waals surface area contributed by atoms with Crippen LogP contribution in [-0.4, -0.2) is 0 Å². The molecule has 0 fully saturated rings. The van der Waals surface area contributed by atoms with Crippen LogP contribution in [0, 0.1) is 17.8 Å². The van der Waals surface area contributed by atoms with E-state index in [1.54, 1.807) is 0 Å². The molecule has 0 heterocycles. The van der Waals surface area contributed by atoms with Crippen LogP contribution in [0.2, 0.25) is 0 Å². The van der Waals surface area contributed by atoms with Crippen molar-refractivity contribution in [2.24, 2.45) is 17.8 Å². The molecule has 0 N–H and O–H groups in total. The van der Waals surface area contributed by atoms with Gasteiger partial charge < -0.3 is 0 Å². The van der Waals surface area contributed by atoms with Crippen molar-refractivity contribution in [3.63, 3.8) is 0 Å². The first-order chi connectivity index (χ1) is 12.1. The summed E-state index contributed by atoms with van der Waals surface area (Å²) < 4.78 is 0. The van der Waals surface area contributed by atoms with E-state index in [1.165, 1.54) is 96.3 Å². The van der Waals surface area contributed by atoms with E-state index in [1.807, 2.05) is 0 Å². The van der Waals surface area contributed by atoms with Gasteiger partial charge in [-0.1, -0.05) is 145 Å². The van der Waals surface area contributed by atoms with Crippen molar-refractivity contribution in [1.82, 2.24) is 0 Å². The summed E-state index contributed by atoms with van der Waals surface area (Å²) in [5.74, 6) is 2.98. The Labute approximate surface area is 163 Å². The molecule has 0 radical (unpaired) electrons. The number of hydrogen-bond donors (Lipinski definition) is 0. The Morgan fingerprint density at radius 3 is 1.16 bits per heavy atom.